The SMILES string of the molecule is CCNC(=NCC1(c2cccc(C(F)(F)F)c2)CC1)NCCCCOCC. The Balaban J connectivity index is 1.94. The van der Waals surface area contributed by atoms with Crippen LogP contribution in [0.1, 0.15) is 50.7 Å². The van der Waals surface area contributed by atoms with Crippen LogP contribution in [0.4, 0.5) is 13.2 Å². The van der Waals surface area contributed by atoms with Crippen LogP contribution in [-0.2, 0) is 16.3 Å². The van der Waals surface area contributed by atoms with Gasteiger partial charge in [-0.15, -0.1) is 0 Å². The zero-order chi connectivity index (χ0) is 19.8. The Morgan fingerprint density at radius 2 is 1.96 bits per heavy atom. The van der Waals surface area contributed by atoms with Crippen LogP contribution in [0.15, 0.2) is 29.3 Å². The first-order valence-corrected chi connectivity index (χ1v) is 9.69. The number of guanidine groups is 1. The number of nitrogens with zero attached hydrogens (tertiary/aromatic N) is 1. The fraction of sp³-hybridized carbons (Fsp3) is 0.650. The molecule has 1 aromatic rings. The maximum Gasteiger partial charge on any atom is 0.416 e. The van der Waals surface area contributed by atoms with Gasteiger partial charge in [-0.05, 0) is 51.2 Å². The van der Waals surface area contributed by atoms with E-state index >= 15 is 0 Å². The first-order valence-electron chi connectivity index (χ1n) is 9.69. The van der Waals surface area contributed by atoms with E-state index in [1.807, 2.05) is 13.8 Å². The summed E-state index contributed by atoms with van der Waals surface area (Å²) in [5.41, 5.74) is -0.123. The number of ether oxygens (including phenoxy) is 1. The van der Waals surface area contributed by atoms with Gasteiger partial charge in [0, 0.05) is 31.7 Å². The minimum atomic E-state index is -4.31. The molecule has 1 aromatic carbocycles. The maximum absolute atomic E-state index is 13.0. The number of benzene rings is 1. The smallest absolute Gasteiger partial charge is 0.382 e. The Kier molecular flexibility index (Phi) is 7.95. The molecule has 0 heterocycles. The summed E-state index contributed by atoms with van der Waals surface area (Å²) in [5, 5.41) is 6.49. The monoisotopic (exact) mass is 385 g/mol. The van der Waals surface area contributed by atoms with Crippen LogP contribution in [0, 0.1) is 0 Å². The normalized spacial score (nSPS) is 16.3. The molecule has 27 heavy (non-hydrogen) atoms. The molecule has 7 heteroatoms. The highest BCUT2D eigenvalue weighted by atomic mass is 19.4. The quantitative estimate of drug-likeness (QED) is 0.362. The molecule has 0 unspecified atom stereocenters. The summed E-state index contributed by atoms with van der Waals surface area (Å²) in [5.74, 6) is 0.715. The van der Waals surface area contributed by atoms with Gasteiger partial charge in [0.15, 0.2) is 5.96 Å². The Morgan fingerprint density at radius 3 is 2.59 bits per heavy atom. The molecule has 0 aliphatic heterocycles. The lowest BCUT2D eigenvalue weighted by molar-refractivity contribution is -0.137. The zero-order valence-corrected chi connectivity index (χ0v) is 16.2. The summed E-state index contributed by atoms with van der Waals surface area (Å²) in [7, 11) is 0. The molecule has 2 rings (SSSR count). The second-order valence-corrected chi connectivity index (χ2v) is 6.88. The number of alkyl halides is 3. The first kappa shape index (κ1) is 21.5. The van der Waals surface area contributed by atoms with Gasteiger partial charge in [0.2, 0.25) is 0 Å². The number of unbranched alkanes of at least 4 members (excludes halogenated alkanes) is 1. The van der Waals surface area contributed by atoms with Crippen LogP contribution in [0.3, 0.4) is 0 Å². The van der Waals surface area contributed by atoms with Crippen molar-refractivity contribution in [1.82, 2.24) is 10.6 Å². The third-order valence-electron chi connectivity index (χ3n) is 4.75. The van der Waals surface area contributed by atoms with E-state index in [0.29, 0.717) is 12.5 Å². The van der Waals surface area contributed by atoms with Crippen LogP contribution < -0.4 is 10.6 Å². The lowest BCUT2D eigenvalue weighted by Crippen LogP contribution is -2.38. The van der Waals surface area contributed by atoms with Gasteiger partial charge in [0.1, 0.15) is 0 Å². The van der Waals surface area contributed by atoms with Crippen LogP contribution in [0.5, 0.6) is 0 Å². The minimum Gasteiger partial charge on any atom is -0.382 e. The van der Waals surface area contributed by atoms with E-state index in [-0.39, 0.29) is 5.41 Å². The van der Waals surface area contributed by atoms with Gasteiger partial charge in [0.05, 0.1) is 12.1 Å². The largest absolute Gasteiger partial charge is 0.416 e. The lowest BCUT2D eigenvalue weighted by atomic mass is 9.94. The second kappa shape index (κ2) is 9.97. The zero-order valence-electron chi connectivity index (χ0n) is 16.2. The molecule has 0 saturated heterocycles. The van der Waals surface area contributed by atoms with Crippen molar-refractivity contribution in [2.24, 2.45) is 4.99 Å². The molecular formula is C20H30F3N3O. The first-order chi connectivity index (χ1) is 12.9. The standard InChI is InChI=1S/C20H30F3N3O/c1-3-24-18(25-12-5-6-13-27-4-2)26-15-19(10-11-19)16-8-7-9-17(14-16)20(21,22)23/h7-9,14H,3-6,10-13,15H2,1-2H3,(H2,24,25,26). The summed E-state index contributed by atoms with van der Waals surface area (Å²) in [6.07, 6.45) is -0.623. The van der Waals surface area contributed by atoms with Gasteiger partial charge in [-0.1, -0.05) is 18.2 Å². The average Bonchev–Trinajstić information content (AvgIpc) is 3.43. The fourth-order valence-corrected chi connectivity index (χ4v) is 2.97. The molecule has 152 valence electrons. The van der Waals surface area contributed by atoms with Crippen molar-refractivity contribution in [3.05, 3.63) is 35.4 Å². The van der Waals surface area contributed by atoms with Crippen molar-refractivity contribution in [2.75, 3.05) is 32.8 Å². The Labute approximate surface area is 159 Å². The van der Waals surface area contributed by atoms with Gasteiger partial charge < -0.3 is 15.4 Å². The predicted molar refractivity (Wildman–Crippen MR) is 102 cm³/mol. The Bertz CT molecular complexity index is 613. The molecule has 0 bridgehead atoms. The summed E-state index contributed by atoms with van der Waals surface area (Å²) in [6.45, 7) is 7.47. The number of halogens is 3. The molecule has 1 aliphatic rings. The lowest BCUT2D eigenvalue weighted by Gasteiger charge is -2.17. The van der Waals surface area contributed by atoms with E-state index in [1.54, 1.807) is 6.07 Å². The van der Waals surface area contributed by atoms with Crippen LogP contribution in [0.25, 0.3) is 0 Å². The molecule has 0 radical (unpaired) electrons. The van der Waals surface area contributed by atoms with Gasteiger partial charge in [0.25, 0.3) is 0 Å². The number of hydrogen-bond donors (Lipinski definition) is 2. The Morgan fingerprint density at radius 1 is 1.19 bits per heavy atom. The fourth-order valence-electron chi connectivity index (χ4n) is 2.97. The number of hydrogen-bond acceptors (Lipinski definition) is 2. The van der Waals surface area contributed by atoms with E-state index < -0.39 is 11.7 Å². The van der Waals surface area contributed by atoms with Crippen molar-refractivity contribution in [3.8, 4) is 0 Å². The molecule has 2 N–H and O–H groups in total. The molecule has 4 nitrogen and oxygen atoms in total. The minimum absolute atomic E-state index is 0.265. The molecule has 0 atom stereocenters. The molecule has 0 aromatic heterocycles. The number of rotatable bonds is 10. The molecule has 1 saturated carbocycles. The van der Waals surface area contributed by atoms with Crippen molar-refractivity contribution in [3.63, 3.8) is 0 Å². The highest BCUT2D eigenvalue weighted by Gasteiger charge is 2.45. The van der Waals surface area contributed by atoms with Gasteiger partial charge >= 0.3 is 6.18 Å². The van der Waals surface area contributed by atoms with E-state index in [1.165, 1.54) is 12.1 Å². The van der Waals surface area contributed by atoms with Gasteiger partial charge in [-0.3, -0.25) is 4.99 Å². The van der Waals surface area contributed by atoms with Crippen molar-refractivity contribution in [2.45, 2.75) is 51.1 Å². The average molecular weight is 385 g/mol. The van der Waals surface area contributed by atoms with E-state index in [2.05, 4.69) is 15.6 Å². The van der Waals surface area contributed by atoms with Crippen LogP contribution in [0.2, 0.25) is 0 Å². The molecule has 1 fully saturated rings. The van der Waals surface area contributed by atoms with E-state index in [0.717, 1.165) is 63.6 Å². The van der Waals surface area contributed by atoms with E-state index in [9.17, 15) is 13.2 Å². The van der Waals surface area contributed by atoms with Crippen LogP contribution in [-0.4, -0.2) is 38.8 Å². The molecular weight excluding hydrogens is 355 g/mol. The summed E-state index contributed by atoms with van der Waals surface area (Å²) < 4.78 is 44.3. The predicted octanol–water partition coefficient (Wildman–Crippen LogP) is 4.11. The molecule has 0 spiro atoms. The molecule has 0 amide bonds. The van der Waals surface area contributed by atoms with Crippen molar-refractivity contribution < 1.29 is 17.9 Å². The maximum atomic E-state index is 13.0. The van der Waals surface area contributed by atoms with Gasteiger partial charge in [-0.25, -0.2) is 0 Å². The van der Waals surface area contributed by atoms with Crippen LogP contribution >= 0.6 is 0 Å². The van der Waals surface area contributed by atoms with Crippen molar-refractivity contribution in [1.29, 1.82) is 0 Å². The highest BCUT2D eigenvalue weighted by Crippen LogP contribution is 2.49. The second-order valence-electron chi connectivity index (χ2n) is 6.88. The topological polar surface area (TPSA) is 45.7 Å². The third kappa shape index (κ3) is 6.72. The summed E-state index contributed by atoms with van der Waals surface area (Å²) >= 11 is 0. The third-order valence-corrected chi connectivity index (χ3v) is 4.75. The Hall–Kier alpha value is -1.76. The summed E-state index contributed by atoms with van der Waals surface area (Å²) in [4.78, 5) is 4.63. The summed E-state index contributed by atoms with van der Waals surface area (Å²) in [6, 6.07) is 5.67. The number of nitrogens with one attached hydrogen (secondary N) is 2. The van der Waals surface area contributed by atoms with E-state index in [4.69, 9.17) is 4.74 Å². The van der Waals surface area contributed by atoms with Crippen molar-refractivity contribution >= 4 is 5.96 Å². The highest BCUT2D eigenvalue weighted by molar-refractivity contribution is 5.79. The number of aliphatic imine (C=N–C) groups is 1. The van der Waals surface area contributed by atoms with Gasteiger partial charge in [-0.2, -0.15) is 13.2 Å². The molecule has 1 aliphatic carbocycles.